The summed E-state index contributed by atoms with van der Waals surface area (Å²) in [7, 11) is -2.02. The third kappa shape index (κ3) is 5.99. The monoisotopic (exact) mass is 599 g/mol. The summed E-state index contributed by atoms with van der Waals surface area (Å²) in [6.45, 7) is 13.3. The van der Waals surface area contributed by atoms with Gasteiger partial charge in [0.2, 0.25) is 0 Å². The molecule has 2 atom stereocenters. The van der Waals surface area contributed by atoms with Gasteiger partial charge in [0.05, 0.1) is 10.9 Å². The third-order valence-electron chi connectivity index (χ3n) is 8.80. The molecule has 4 aromatic rings. The van der Waals surface area contributed by atoms with Gasteiger partial charge in [-0.1, -0.05) is 112 Å². The van der Waals surface area contributed by atoms with Crippen LogP contribution in [-0.4, -0.2) is 47.7 Å². The molecule has 0 spiro atoms. The van der Waals surface area contributed by atoms with E-state index in [1.807, 2.05) is 0 Å². The number of aromatic amines is 1. The van der Waals surface area contributed by atoms with Gasteiger partial charge in [-0.2, -0.15) is 0 Å². The molecule has 220 valence electrons. The van der Waals surface area contributed by atoms with Crippen LogP contribution in [0.2, 0.25) is 18.1 Å². The van der Waals surface area contributed by atoms with Crippen molar-refractivity contribution in [3.8, 4) is 0 Å². The Bertz CT molecular complexity index is 1490. The molecule has 1 aromatic heterocycles. The Labute approximate surface area is 253 Å². The van der Waals surface area contributed by atoms with Gasteiger partial charge in [-0.3, -0.25) is 19.2 Å². The summed E-state index contributed by atoms with van der Waals surface area (Å²) >= 11 is 1.76. The van der Waals surface area contributed by atoms with E-state index >= 15 is 0 Å². The molecule has 2 heterocycles. The smallest absolute Gasteiger partial charge is 0.329 e. The molecule has 3 aromatic carbocycles. The highest BCUT2D eigenvalue weighted by atomic mass is 32.2. The van der Waals surface area contributed by atoms with Crippen molar-refractivity contribution in [1.82, 2.24) is 14.5 Å². The average Bonchev–Trinajstić information content (AvgIpc) is 2.98. The van der Waals surface area contributed by atoms with Crippen LogP contribution in [0, 0.1) is 0 Å². The first-order valence-corrected chi connectivity index (χ1v) is 18.4. The van der Waals surface area contributed by atoms with Crippen LogP contribution < -0.4 is 11.2 Å². The molecule has 0 aliphatic carbocycles. The lowest BCUT2D eigenvalue weighted by Gasteiger charge is -2.51. The summed E-state index contributed by atoms with van der Waals surface area (Å²) in [5, 5.41) is -0.0535. The maximum atomic E-state index is 13.1. The van der Waals surface area contributed by atoms with Crippen LogP contribution >= 0.6 is 11.8 Å². The Morgan fingerprint density at radius 1 is 0.810 bits per heavy atom. The Balaban J connectivity index is 1.68. The minimum absolute atomic E-state index is 0.0865. The van der Waals surface area contributed by atoms with Crippen molar-refractivity contribution < 1.29 is 4.43 Å². The van der Waals surface area contributed by atoms with Crippen LogP contribution in [0.1, 0.15) is 42.8 Å². The van der Waals surface area contributed by atoms with E-state index in [9.17, 15) is 9.59 Å². The van der Waals surface area contributed by atoms with Gasteiger partial charge in [0.25, 0.3) is 5.56 Å². The molecule has 1 aliphatic heterocycles. The summed E-state index contributed by atoms with van der Waals surface area (Å²) in [4.78, 5) is 30.1. The molecule has 1 N–H and O–H groups in total. The quantitative estimate of drug-likeness (QED) is 0.186. The molecular weight excluding hydrogens is 559 g/mol. The number of aromatic nitrogens is 2. The van der Waals surface area contributed by atoms with Gasteiger partial charge in [0, 0.05) is 37.2 Å². The van der Waals surface area contributed by atoms with E-state index in [1.54, 1.807) is 22.5 Å². The topological polar surface area (TPSA) is 67.3 Å². The van der Waals surface area contributed by atoms with E-state index in [4.69, 9.17) is 4.43 Å². The third-order valence-corrected chi connectivity index (χ3v) is 14.7. The van der Waals surface area contributed by atoms with Gasteiger partial charge in [-0.15, -0.1) is 11.8 Å². The highest BCUT2D eigenvalue weighted by Gasteiger charge is 2.47. The molecule has 0 radical (unpaired) electrons. The Morgan fingerprint density at radius 2 is 1.31 bits per heavy atom. The molecule has 0 bridgehead atoms. The zero-order valence-corrected chi connectivity index (χ0v) is 26.9. The first-order valence-electron chi connectivity index (χ1n) is 14.5. The fourth-order valence-corrected chi connectivity index (χ4v) is 8.19. The van der Waals surface area contributed by atoms with Crippen LogP contribution in [-0.2, 0) is 9.96 Å². The Morgan fingerprint density at radius 3 is 1.76 bits per heavy atom. The molecule has 0 unspecified atom stereocenters. The molecule has 0 saturated carbocycles. The van der Waals surface area contributed by atoms with E-state index < -0.39 is 19.5 Å². The molecule has 8 heteroatoms. The van der Waals surface area contributed by atoms with Crippen molar-refractivity contribution in [2.45, 2.75) is 55.1 Å². The number of benzene rings is 3. The minimum atomic E-state index is -2.02. The number of H-pyrrole nitrogens is 1. The predicted molar refractivity (Wildman–Crippen MR) is 176 cm³/mol. The number of rotatable bonds is 8. The maximum absolute atomic E-state index is 13.1. The van der Waals surface area contributed by atoms with Crippen LogP contribution in [0.25, 0.3) is 0 Å². The molecule has 1 fully saturated rings. The molecule has 0 amide bonds. The summed E-state index contributed by atoms with van der Waals surface area (Å²) < 4.78 is 8.46. The second-order valence-electron chi connectivity index (χ2n) is 12.5. The first kappa shape index (κ1) is 30.3. The number of hydrogen-bond acceptors (Lipinski definition) is 5. The van der Waals surface area contributed by atoms with E-state index in [1.165, 1.54) is 6.07 Å². The van der Waals surface area contributed by atoms with Gasteiger partial charge in [-0.05, 0) is 34.8 Å². The van der Waals surface area contributed by atoms with Crippen molar-refractivity contribution >= 4 is 20.1 Å². The molecule has 1 saturated heterocycles. The normalized spacial score (nSPS) is 18.6. The van der Waals surface area contributed by atoms with Gasteiger partial charge < -0.3 is 4.43 Å². The first-order chi connectivity index (χ1) is 20.0. The van der Waals surface area contributed by atoms with E-state index in [0.717, 1.165) is 23.2 Å². The molecule has 6 nitrogen and oxygen atoms in total. The summed E-state index contributed by atoms with van der Waals surface area (Å²) in [5.74, 6) is 0. The van der Waals surface area contributed by atoms with Crippen LogP contribution in [0.4, 0.5) is 0 Å². The lowest BCUT2D eigenvalue weighted by Crippen LogP contribution is -2.56. The van der Waals surface area contributed by atoms with E-state index in [-0.39, 0.29) is 21.2 Å². The summed E-state index contributed by atoms with van der Waals surface area (Å²) in [5.41, 5.74) is 2.07. The SMILES string of the molecule is CC(C)(C)[Si](C)(C)OC[C@@H]1CN(C(c2ccccc2)(c2ccccc2)c2ccccc2)C[C@@H](n2ccc(=O)[nH]c2=O)S1. The van der Waals surface area contributed by atoms with Gasteiger partial charge >= 0.3 is 5.69 Å². The number of hydrogen-bond donors (Lipinski definition) is 1. The van der Waals surface area contributed by atoms with Gasteiger partial charge in [0.15, 0.2) is 8.32 Å². The summed E-state index contributed by atoms with van der Waals surface area (Å²) in [6, 6.07) is 33.3. The van der Waals surface area contributed by atoms with Gasteiger partial charge in [0.1, 0.15) is 0 Å². The van der Waals surface area contributed by atoms with Crippen molar-refractivity contribution in [2.75, 3.05) is 19.7 Å². The second kappa shape index (κ2) is 12.2. The number of nitrogens with zero attached hydrogens (tertiary/aromatic N) is 2. The minimum Gasteiger partial charge on any atom is -0.416 e. The molecular formula is C34H41N3O3SSi. The molecule has 1 aliphatic rings. The van der Waals surface area contributed by atoms with Crippen LogP contribution in [0.3, 0.4) is 0 Å². The van der Waals surface area contributed by atoms with E-state index in [2.05, 4.69) is 135 Å². The van der Waals surface area contributed by atoms with Crippen LogP contribution in [0.5, 0.6) is 0 Å². The number of nitrogens with one attached hydrogen (secondary N) is 1. The zero-order chi connectivity index (χ0) is 30.0. The fourth-order valence-electron chi connectivity index (χ4n) is 5.59. The zero-order valence-electron chi connectivity index (χ0n) is 25.1. The lowest BCUT2D eigenvalue weighted by molar-refractivity contribution is 0.128. The number of thioether (sulfide) groups is 1. The fraction of sp³-hybridized carbons (Fsp3) is 0.353. The highest BCUT2D eigenvalue weighted by molar-refractivity contribution is 8.00. The van der Waals surface area contributed by atoms with Crippen LogP contribution in [0.15, 0.2) is 113 Å². The average molecular weight is 600 g/mol. The lowest BCUT2D eigenvalue weighted by atomic mass is 9.75. The van der Waals surface area contributed by atoms with Crippen molar-refractivity contribution in [3.63, 3.8) is 0 Å². The van der Waals surface area contributed by atoms with Gasteiger partial charge in [-0.25, -0.2) is 4.79 Å². The van der Waals surface area contributed by atoms with E-state index in [0.29, 0.717) is 13.2 Å². The van der Waals surface area contributed by atoms with Crippen molar-refractivity contribution in [2.24, 2.45) is 0 Å². The Kier molecular flexibility index (Phi) is 8.80. The molecule has 5 rings (SSSR count). The highest BCUT2D eigenvalue weighted by Crippen LogP contribution is 2.47. The molecule has 42 heavy (non-hydrogen) atoms. The Hall–Kier alpha value is -3.17. The summed E-state index contributed by atoms with van der Waals surface area (Å²) in [6.07, 6.45) is 1.63. The van der Waals surface area contributed by atoms with Crippen molar-refractivity contribution in [3.05, 3.63) is 141 Å². The predicted octanol–water partition coefficient (Wildman–Crippen LogP) is 6.47. The maximum Gasteiger partial charge on any atom is 0.329 e. The second-order valence-corrected chi connectivity index (χ2v) is 18.8. The van der Waals surface area contributed by atoms with Crippen molar-refractivity contribution in [1.29, 1.82) is 0 Å². The standard InChI is InChI=1S/C34H41N3O3SSi/c1-33(2,3)42(4,5)40-25-29-23-36(24-31(41-29)37-22-21-30(38)35-32(37)39)34(26-15-9-6-10-16-26,27-17-11-7-12-18-27)28-19-13-8-14-20-28/h6-22,29,31H,23-25H2,1-5H3,(H,35,38,39)/t29-,31-/m0/s1. The largest absolute Gasteiger partial charge is 0.416 e.